The molecule has 0 aliphatic rings. The molecule has 3 aromatic rings. The van der Waals surface area contributed by atoms with Crippen molar-refractivity contribution < 1.29 is 4.52 Å². The molecule has 7 heteroatoms. The lowest BCUT2D eigenvalue weighted by Crippen LogP contribution is -1.94. The molecule has 20 heavy (non-hydrogen) atoms. The van der Waals surface area contributed by atoms with Crippen LogP contribution in [0.1, 0.15) is 16.4 Å². The number of hydrogen-bond acceptors (Lipinski definition) is 6. The first kappa shape index (κ1) is 13.2. The van der Waals surface area contributed by atoms with Gasteiger partial charge < -0.3 is 10.3 Å². The van der Waals surface area contributed by atoms with E-state index < -0.39 is 0 Å². The Kier molecular flexibility index (Phi) is 3.77. The maximum Gasteiger partial charge on any atom is 0.277 e. The van der Waals surface area contributed by atoms with Crippen LogP contribution in [0.2, 0.25) is 5.02 Å². The molecule has 102 valence electrons. The molecule has 0 spiro atoms. The summed E-state index contributed by atoms with van der Waals surface area (Å²) in [6, 6.07) is 7.59. The van der Waals surface area contributed by atoms with Crippen molar-refractivity contribution >= 4 is 22.9 Å². The Bertz CT molecular complexity index is 724. The molecular weight excluding hydrogens is 296 g/mol. The predicted octanol–water partition coefficient (Wildman–Crippen LogP) is 2.90. The summed E-state index contributed by atoms with van der Waals surface area (Å²) in [5.74, 6) is 0.985. The monoisotopic (exact) mass is 306 g/mol. The van der Waals surface area contributed by atoms with Crippen LogP contribution in [0.15, 0.2) is 34.2 Å². The highest BCUT2D eigenvalue weighted by Gasteiger charge is 2.13. The highest BCUT2D eigenvalue weighted by Crippen LogP contribution is 2.22. The van der Waals surface area contributed by atoms with Gasteiger partial charge >= 0.3 is 0 Å². The molecule has 0 fully saturated rings. The molecule has 1 aromatic carbocycles. The van der Waals surface area contributed by atoms with E-state index in [9.17, 15) is 0 Å². The lowest BCUT2D eigenvalue weighted by atomic mass is 10.1. The fourth-order valence-electron chi connectivity index (χ4n) is 1.74. The first-order valence-electron chi connectivity index (χ1n) is 5.97. The summed E-state index contributed by atoms with van der Waals surface area (Å²) in [6.45, 7) is 0.408. The Morgan fingerprint density at radius 1 is 1.25 bits per heavy atom. The van der Waals surface area contributed by atoms with E-state index in [0.29, 0.717) is 35.4 Å². The normalized spacial score (nSPS) is 10.9. The Hall–Kier alpha value is -1.76. The van der Waals surface area contributed by atoms with Gasteiger partial charge in [0.15, 0.2) is 5.82 Å². The van der Waals surface area contributed by atoms with Gasteiger partial charge in [-0.05, 0) is 11.6 Å². The summed E-state index contributed by atoms with van der Waals surface area (Å²) in [6.07, 6.45) is 0.525. The molecule has 0 radical (unpaired) electrons. The van der Waals surface area contributed by atoms with E-state index in [-0.39, 0.29) is 0 Å². The topological polar surface area (TPSA) is 77.8 Å². The van der Waals surface area contributed by atoms with Crippen molar-refractivity contribution in [1.29, 1.82) is 0 Å². The molecule has 0 aliphatic carbocycles. The fourth-order valence-corrected chi connectivity index (χ4v) is 2.60. The third kappa shape index (κ3) is 2.72. The standard InChI is InChI=1S/C13H11ClN4OS/c14-9-4-2-1-3-8(9)5-11-17-13(19-18-11)10-7-20-12(6-15)16-10/h1-4,7H,5-6,15H2. The molecule has 2 N–H and O–H groups in total. The maximum absolute atomic E-state index is 6.11. The number of rotatable bonds is 4. The average Bonchev–Trinajstić information content (AvgIpc) is 3.10. The third-order valence-electron chi connectivity index (χ3n) is 2.72. The second kappa shape index (κ2) is 5.70. The first-order chi connectivity index (χ1) is 9.76. The summed E-state index contributed by atoms with van der Waals surface area (Å²) < 4.78 is 5.22. The van der Waals surface area contributed by atoms with Crippen molar-refractivity contribution in [3.63, 3.8) is 0 Å². The van der Waals surface area contributed by atoms with Crippen molar-refractivity contribution in [3.8, 4) is 11.6 Å². The molecule has 0 saturated heterocycles. The van der Waals surface area contributed by atoms with E-state index in [1.54, 1.807) is 0 Å². The van der Waals surface area contributed by atoms with Crippen LogP contribution in [0.25, 0.3) is 11.6 Å². The van der Waals surface area contributed by atoms with Crippen LogP contribution in [0.4, 0.5) is 0 Å². The minimum absolute atomic E-state index is 0.406. The number of benzene rings is 1. The number of nitrogens with zero attached hydrogens (tertiary/aromatic N) is 3. The quantitative estimate of drug-likeness (QED) is 0.802. The highest BCUT2D eigenvalue weighted by atomic mass is 35.5. The van der Waals surface area contributed by atoms with Crippen LogP contribution in [0.5, 0.6) is 0 Å². The van der Waals surface area contributed by atoms with Gasteiger partial charge in [0.25, 0.3) is 5.89 Å². The minimum Gasteiger partial charge on any atom is -0.332 e. The largest absolute Gasteiger partial charge is 0.332 e. The second-order valence-corrected chi connectivity index (χ2v) is 5.46. The average molecular weight is 307 g/mol. The zero-order valence-corrected chi connectivity index (χ0v) is 12.0. The van der Waals surface area contributed by atoms with Gasteiger partial charge in [-0.1, -0.05) is 35.0 Å². The van der Waals surface area contributed by atoms with Gasteiger partial charge in [-0.3, -0.25) is 0 Å². The van der Waals surface area contributed by atoms with Crippen molar-refractivity contribution in [1.82, 2.24) is 15.1 Å². The van der Waals surface area contributed by atoms with E-state index in [1.807, 2.05) is 29.6 Å². The Morgan fingerprint density at radius 2 is 2.10 bits per heavy atom. The molecule has 2 aromatic heterocycles. The van der Waals surface area contributed by atoms with E-state index in [0.717, 1.165) is 10.6 Å². The predicted molar refractivity (Wildman–Crippen MR) is 77.6 cm³/mol. The summed E-state index contributed by atoms with van der Waals surface area (Å²) >= 11 is 7.58. The van der Waals surface area contributed by atoms with Crippen molar-refractivity contribution in [2.75, 3.05) is 0 Å². The molecule has 0 atom stereocenters. The van der Waals surface area contributed by atoms with Gasteiger partial charge in [-0.15, -0.1) is 11.3 Å². The Morgan fingerprint density at radius 3 is 2.85 bits per heavy atom. The van der Waals surface area contributed by atoms with Crippen LogP contribution in [0.3, 0.4) is 0 Å². The van der Waals surface area contributed by atoms with E-state index >= 15 is 0 Å². The second-order valence-electron chi connectivity index (χ2n) is 4.11. The number of thiazole rings is 1. The van der Waals surface area contributed by atoms with E-state index in [4.69, 9.17) is 21.9 Å². The number of halogens is 1. The van der Waals surface area contributed by atoms with Gasteiger partial charge in [0.05, 0.1) is 0 Å². The summed E-state index contributed by atoms with van der Waals surface area (Å²) in [5.41, 5.74) is 7.15. The molecule has 3 rings (SSSR count). The van der Waals surface area contributed by atoms with Gasteiger partial charge in [-0.25, -0.2) is 4.98 Å². The van der Waals surface area contributed by atoms with Gasteiger partial charge in [-0.2, -0.15) is 4.98 Å². The molecule has 2 heterocycles. The lowest BCUT2D eigenvalue weighted by Gasteiger charge is -1.98. The SMILES string of the molecule is NCc1nc(-c2nc(Cc3ccccc3Cl)no2)cs1. The summed E-state index contributed by atoms with van der Waals surface area (Å²) in [4.78, 5) is 8.64. The van der Waals surface area contributed by atoms with E-state index in [1.165, 1.54) is 11.3 Å². The molecule has 0 unspecified atom stereocenters. The van der Waals surface area contributed by atoms with Gasteiger partial charge in [0, 0.05) is 23.4 Å². The number of hydrogen-bond donors (Lipinski definition) is 1. The van der Waals surface area contributed by atoms with Crippen molar-refractivity contribution in [3.05, 3.63) is 51.1 Å². The van der Waals surface area contributed by atoms with Gasteiger partial charge in [0.2, 0.25) is 0 Å². The fraction of sp³-hybridized carbons (Fsp3) is 0.154. The summed E-state index contributed by atoms with van der Waals surface area (Å²) in [5, 5.41) is 7.34. The van der Waals surface area contributed by atoms with E-state index in [2.05, 4.69) is 15.1 Å². The lowest BCUT2D eigenvalue weighted by molar-refractivity contribution is 0.423. The molecule has 0 aliphatic heterocycles. The smallest absolute Gasteiger partial charge is 0.277 e. The Balaban J connectivity index is 1.82. The van der Waals surface area contributed by atoms with Crippen LogP contribution in [0, 0.1) is 0 Å². The van der Waals surface area contributed by atoms with Gasteiger partial charge in [0.1, 0.15) is 10.7 Å². The third-order valence-corrected chi connectivity index (χ3v) is 3.96. The first-order valence-corrected chi connectivity index (χ1v) is 7.23. The van der Waals surface area contributed by atoms with Crippen molar-refractivity contribution in [2.24, 2.45) is 5.73 Å². The van der Waals surface area contributed by atoms with Crippen molar-refractivity contribution in [2.45, 2.75) is 13.0 Å². The molecule has 5 nitrogen and oxygen atoms in total. The zero-order valence-electron chi connectivity index (χ0n) is 10.4. The molecule has 0 bridgehead atoms. The highest BCUT2D eigenvalue weighted by molar-refractivity contribution is 7.09. The van der Waals surface area contributed by atoms with Crippen LogP contribution in [-0.4, -0.2) is 15.1 Å². The number of aromatic nitrogens is 3. The Labute approximate surface area is 124 Å². The van der Waals surface area contributed by atoms with Crippen LogP contribution < -0.4 is 5.73 Å². The minimum atomic E-state index is 0.406. The van der Waals surface area contributed by atoms with Crippen LogP contribution >= 0.6 is 22.9 Å². The molecular formula is C13H11ClN4OS. The van der Waals surface area contributed by atoms with Crippen LogP contribution in [-0.2, 0) is 13.0 Å². The summed E-state index contributed by atoms with van der Waals surface area (Å²) in [7, 11) is 0. The molecule has 0 amide bonds. The molecule has 0 saturated carbocycles. The maximum atomic E-state index is 6.11. The zero-order chi connectivity index (χ0) is 13.9. The number of nitrogens with two attached hydrogens (primary N) is 1.